The van der Waals surface area contributed by atoms with Gasteiger partial charge in [0.1, 0.15) is 11.5 Å². The van der Waals surface area contributed by atoms with E-state index in [0.29, 0.717) is 43.1 Å². The Morgan fingerprint density at radius 3 is 2.76 bits per heavy atom. The third-order valence-corrected chi connectivity index (χ3v) is 6.75. The lowest BCUT2D eigenvalue weighted by Crippen LogP contribution is -2.43. The van der Waals surface area contributed by atoms with Gasteiger partial charge in [-0.2, -0.15) is 4.31 Å². The van der Waals surface area contributed by atoms with E-state index in [4.69, 9.17) is 9.47 Å². The highest BCUT2D eigenvalue weighted by molar-refractivity contribution is 7.89. The van der Waals surface area contributed by atoms with Crippen molar-refractivity contribution in [3.8, 4) is 11.5 Å². The van der Waals surface area contributed by atoms with E-state index in [9.17, 15) is 13.2 Å². The number of carbonyl (C=O) groups excluding carboxylic acids is 1. The van der Waals surface area contributed by atoms with Crippen LogP contribution in [0.4, 0.5) is 5.69 Å². The van der Waals surface area contributed by atoms with Gasteiger partial charge in [-0.25, -0.2) is 13.4 Å². The predicted molar refractivity (Wildman–Crippen MR) is 108 cm³/mol. The first-order valence-electron chi connectivity index (χ1n) is 9.43. The van der Waals surface area contributed by atoms with Crippen LogP contribution in [0.1, 0.15) is 19.8 Å². The molecule has 10 heteroatoms. The molecule has 1 unspecified atom stereocenters. The van der Waals surface area contributed by atoms with Crippen LogP contribution in [0, 0.1) is 5.92 Å². The van der Waals surface area contributed by atoms with Gasteiger partial charge in [-0.05, 0) is 31.9 Å². The highest BCUT2D eigenvalue weighted by Gasteiger charge is 2.34. The topological polar surface area (TPSA) is 103 Å². The van der Waals surface area contributed by atoms with Crippen LogP contribution in [0.3, 0.4) is 0 Å². The summed E-state index contributed by atoms with van der Waals surface area (Å²) in [4.78, 5) is 16.9. The minimum atomic E-state index is -3.74. The van der Waals surface area contributed by atoms with Crippen LogP contribution in [0.2, 0.25) is 0 Å². The summed E-state index contributed by atoms with van der Waals surface area (Å²) in [5.74, 6) is 0.364. The number of carbonyl (C=O) groups is 1. The molecule has 2 heterocycles. The van der Waals surface area contributed by atoms with Gasteiger partial charge in [-0.15, -0.1) is 0 Å². The van der Waals surface area contributed by atoms with E-state index in [0.717, 1.165) is 0 Å². The summed E-state index contributed by atoms with van der Waals surface area (Å²) in [5.41, 5.74) is 0.485. The summed E-state index contributed by atoms with van der Waals surface area (Å²) >= 11 is 0. The number of aromatic nitrogens is 2. The number of nitrogens with zero attached hydrogens (tertiary/aromatic N) is 3. The van der Waals surface area contributed by atoms with Crippen LogP contribution >= 0.6 is 0 Å². The lowest BCUT2D eigenvalue weighted by molar-refractivity contribution is -0.120. The molecule has 1 N–H and O–H groups in total. The van der Waals surface area contributed by atoms with Crippen LogP contribution < -0.4 is 14.8 Å². The smallest absolute Gasteiger partial charge is 0.262 e. The minimum absolute atomic E-state index is 0.00914. The lowest BCUT2D eigenvalue weighted by Gasteiger charge is -2.30. The van der Waals surface area contributed by atoms with Crippen molar-refractivity contribution in [2.24, 2.45) is 5.92 Å². The number of piperidine rings is 1. The van der Waals surface area contributed by atoms with Crippen LogP contribution in [0.25, 0.3) is 0 Å². The zero-order valence-corrected chi connectivity index (χ0v) is 17.6. The average molecular weight is 423 g/mol. The molecule has 0 spiro atoms. The number of sulfonamides is 1. The van der Waals surface area contributed by atoms with Gasteiger partial charge < -0.3 is 19.4 Å². The maximum Gasteiger partial charge on any atom is 0.262 e. The SMILES string of the molecule is CCn1cnc(S(=O)(=O)N2CCCC(C(=O)Nc3cc(OC)ccc3OC)C2)c1. The number of hydrogen-bond acceptors (Lipinski definition) is 6. The van der Waals surface area contributed by atoms with Gasteiger partial charge in [0.05, 0.1) is 32.2 Å². The number of imidazole rings is 1. The molecule has 0 radical (unpaired) electrons. The van der Waals surface area contributed by atoms with E-state index >= 15 is 0 Å². The number of nitrogens with one attached hydrogen (secondary N) is 1. The molecule has 1 saturated heterocycles. The fraction of sp³-hybridized carbons (Fsp3) is 0.474. The number of aryl methyl sites for hydroxylation is 1. The molecule has 1 aromatic carbocycles. The Bertz CT molecular complexity index is 973. The van der Waals surface area contributed by atoms with Gasteiger partial charge in [0, 0.05) is 31.9 Å². The predicted octanol–water partition coefficient (Wildman–Crippen LogP) is 1.96. The van der Waals surface area contributed by atoms with Crippen molar-refractivity contribution in [3.63, 3.8) is 0 Å². The molecule has 1 aromatic heterocycles. The van der Waals surface area contributed by atoms with Crippen molar-refractivity contribution in [1.29, 1.82) is 0 Å². The van der Waals surface area contributed by atoms with E-state index in [2.05, 4.69) is 10.3 Å². The third-order valence-electron chi connectivity index (χ3n) is 5.00. The number of rotatable bonds is 7. The van der Waals surface area contributed by atoms with Crippen LogP contribution in [-0.4, -0.2) is 55.5 Å². The highest BCUT2D eigenvalue weighted by Crippen LogP contribution is 2.30. The van der Waals surface area contributed by atoms with Crippen molar-refractivity contribution in [1.82, 2.24) is 13.9 Å². The molecule has 0 bridgehead atoms. The number of benzene rings is 1. The second-order valence-corrected chi connectivity index (χ2v) is 8.68. The van der Waals surface area contributed by atoms with Gasteiger partial charge in [0.15, 0.2) is 5.03 Å². The monoisotopic (exact) mass is 422 g/mol. The molecule has 0 saturated carbocycles. The number of ether oxygens (including phenoxy) is 2. The fourth-order valence-electron chi connectivity index (χ4n) is 3.30. The van der Waals surface area contributed by atoms with E-state index in [1.54, 1.807) is 22.8 Å². The average Bonchev–Trinajstić information content (AvgIpc) is 3.24. The largest absolute Gasteiger partial charge is 0.497 e. The van der Waals surface area contributed by atoms with Crippen molar-refractivity contribution < 1.29 is 22.7 Å². The number of anilines is 1. The van der Waals surface area contributed by atoms with E-state index in [1.807, 2.05) is 6.92 Å². The Labute approximate surface area is 170 Å². The summed E-state index contributed by atoms with van der Waals surface area (Å²) < 4.78 is 39.4. The Kier molecular flexibility index (Phi) is 6.43. The molecule has 9 nitrogen and oxygen atoms in total. The van der Waals surface area contributed by atoms with Crippen molar-refractivity contribution in [3.05, 3.63) is 30.7 Å². The molecule has 29 heavy (non-hydrogen) atoms. The van der Waals surface area contributed by atoms with Crippen molar-refractivity contribution in [2.45, 2.75) is 31.3 Å². The molecule has 158 valence electrons. The van der Waals surface area contributed by atoms with Gasteiger partial charge in [-0.1, -0.05) is 0 Å². The number of methoxy groups -OCH3 is 2. The maximum atomic E-state index is 12.9. The molecular formula is C19H26N4O5S. The first-order chi connectivity index (χ1) is 13.9. The summed E-state index contributed by atoms with van der Waals surface area (Å²) in [5, 5.41) is 2.85. The van der Waals surface area contributed by atoms with E-state index in [-0.39, 0.29) is 17.5 Å². The number of amides is 1. The molecule has 1 atom stereocenters. The molecule has 1 aliphatic heterocycles. The van der Waals surface area contributed by atoms with Gasteiger partial charge in [-0.3, -0.25) is 4.79 Å². The summed E-state index contributed by atoms with van der Waals surface area (Å²) in [6.07, 6.45) is 4.21. The zero-order valence-electron chi connectivity index (χ0n) is 16.8. The third kappa shape index (κ3) is 4.54. The van der Waals surface area contributed by atoms with Gasteiger partial charge >= 0.3 is 0 Å². The zero-order chi connectivity index (χ0) is 21.0. The Balaban J connectivity index is 1.74. The second-order valence-electron chi connectivity index (χ2n) is 6.80. The van der Waals surface area contributed by atoms with E-state index in [1.165, 1.54) is 31.0 Å². The molecule has 1 aliphatic rings. The molecule has 0 aliphatic carbocycles. The normalized spacial score (nSPS) is 17.7. The Morgan fingerprint density at radius 2 is 2.10 bits per heavy atom. The summed E-state index contributed by atoms with van der Waals surface area (Å²) in [6, 6.07) is 5.11. The molecule has 1 amide bonds. The molecule has 3 rings (SSSR count). The van der Waals surface area contributed by atoms with Crippen LogP contribution in [0.5, 0.6) is 11.5 Å². The van der Waals surface area contributed by atoms with Crippen LogP contribution in [-0.2, 0) is 21.4 Å². The first-order valence-corrected chi connectivity index (χ1v) is 10.9. The Morgan fingerprint density at radius 1 is 1.31 bits per heavy atom. The van der Waals surface area contributed by atoms with Crippen LogP contribution in [0.15, 0.2) is 35.7 Å². The fourth-order valence-corrected chi connectivity index (χ4v) is 4.76. The van der Waals surface area contributed by atoms with Gasteiger partial charge in [0.25, 0.3) is 10.0 Å². The molecule has 2 aromatic rings. The second kappa shape index (κ2) is 8.83. The van der Waals surface area contributed by atoms with Crippen molar-refractivity contribution in [2.75, 3.05) is 32.6 Å². The minimum Gasteiger partial charge on any atom is -0.497 e. The summed E-state index contributed by atoms with van der Waals surface area (Å²) in [7, 11) is -0.683. The lowest BCUT2D eigenvalue weighted by atomic mass is 9.98. The van der Waals surface area contributed by atoms with Crippen molar-refractivity contribution >= 4 is 21.6 Å². The molecule has 1 fully saturated rings. The maximum absolute atomic E-state index is 12.9. The number of hydrogen-bond donors (Lipinski definition) is 1. The van der Waals surface area contributed by atoms with E-state index < -0.39 is 15.9 Å². The summed E-state index contributed by atoms with van der Waals surface area (Å²) in [6.45, 7) is 3.02. The standard InChI is InChI=1S/C19H26N4O5S/c1-4-22-12-18(20-13-22)29(25,26)23-9-5-6-14(11-23)19(24)21-16-10-15(27-2)7-8-17(16)28-3/h7-8,10,12-14H,4-6,9,11H2,1-3H3,(H,21,24). The Hall–Kier alpha value is -2.59. The van der Waals surface area contributed by atoms with Gasteiger partial charge in [0.2, 0.25) is 5.91 Å². The highest BCUT2D eigenvalue weighted by atomic mass is 32.2. The molecular weight excluding hydrogens is 396 g/mol. The first kappa shape index (κ1) is 21.1. The quantitative estimate of drug-likeness (QED) is 0.732.